The Hall–Kier alpha value is -0.690. The molecule has 2 spiro atoms. The van der Waals surface area contributed by atoms with Crippen LogP contribution in [0.25, 0.3) is 0 Å². The number of carbonyl (C=O) groups is 1. The molecule has 0 bridgehead atoms. The first-order valence-corrected chi connectivity index (χ1v) is 11.6. The van der Waals surface area contributed by atoms with E-state index < -0.39 is 11.9 Å². The third-order valence-electron chi connectivity index (χ3n) is 9.08. The molecule has 8 atom stereocenters. The monoisotopic (exact) mass is 424 g/mol. The van der Waals surface area contributed by atoms with Crippen LogP contribution in [0.1, 0.15) is 79.6 Å². The van der Waals surface area contributed by atoms with Crippen LogP contribution in [0.5, 0.6) is 0 Å². The molecule has 4 fully saturated rings. The van der Waals surface area contributed by atoms with Gasteiger partial charge < -0.3 is 23.7 Å². The number of esters is 1. The third kappa shape index (κ3) is 3.08. The second kappa shape index (κ2) is 7.43. The summed E-state index contributed by atoms with van der Waals surface area (Å²) in [6, 6.07) is 0. The summed E-state index contributed by atoms with van der Waals surface area (Å²) >= 11 is 0. The largest absolute Gasteiger partial charge is 0.462 e. The van der Waals surface area contributed by atoms with Crippen molar-refractivity contribution in [3.63, 3.8) is 0 Å². The van der Waals surface area contributed by atoms with Gasteiger partial charge in [0.15, 0.2) is 12.6 Å². The summed E-state index contributed by atoms with van der Waals surface area (Å²) in [5.74, 6) is 0.355. The number of methoxy groups -OCH3 is 2. The van der Waals surface area contributed by atoms with E-state index in [1.165, 1.54) is 13.3 Å². The number of rotatable bonds is 3. The van der Waals surface area contributed by atoms with E-state index in [9.17, 15) is 4.79 Å². The summed E-state index contributed by atoms with van der Waals surface area (Å²) in [7, 11) is 3.36. The molecular formula is C24H40O6. The van der Waals surface area contributed by atoms with E-state index in [1.807, 2.05) is 0 Å². The topological polar surface area (TPSA) is 63.2 Å². The third-order valence-corrected chi connectivity index (χ3v) is 9.08. The van der Waals surface area contributed by atoms with Gasteiger partial charge in [-0.3, -0.25) is 4.79 Å². The van der Waals surface area contributed by atoms with E-state index in [2.05, 4.69) is 27.7 Å². The molecule has 0 amide bonds. The molecule has 6 heteroatoms. The fourth-order valence-electron chi connectivity index (χ4n) is 8.06. The predicted octanol–water partition coefficient (Wildman–Crippen LogP) is 4.44. The molecule has 30 heavy (non-hydrogen) atoms. The summed E-state index contributed by atoms with van der Waals surface area (Å²) in [6.45, 7) is 10.9. The average Bonchev–Trinajstić information content (AvgIpc) is 3.21. The van der Waals surface area contributed by atoms with Crippen molar-refractivity contribution in [1.82, 2.24) is 0 Å². The molecule has 0 radical (unpaired) electrons. The van der Waals surface area contributed by atoms with Crippen molar-refractivity contribution in [3.8, 4) is 0 Å². The van der Waals surface area contributed by atoms with Crippen molar-refractivity contribution in [2.75, 3.05) is 14.2 Å². The number of ether oxygens (including phenoxy) is 5. The van der Waals surface area contributed by atoms with Gasteiger partial charge in [0, 0.05) is 38.9 Å². The summed E-state index contributed by atoms with van der Waals surface area (Å²) in [6.07, 6.45) is 6.03. The first-order valence-electron chi connectivity index (χ1n) is 11.6. The van der Waals surface area contributed by atoms with Gasteiger partial charge in [-0.25, -0.2) is 0 Å². The molecule has 6 nitrogen and oxygen atoms in total. The van der Waals surface area contributed by atoms with Crippen LogP contribution in [0.3, 0.4) is 0 Å². The summed E-state index contributed by atoms with van der Waals surface area (Å²) in [5, 5.41) is 0. The Kier molecular flexibility index (Phi) is 5.57. The number of fused-ring (bicyclic) bond motifs is 2. The molecule has 2 heterocycles. The van der Waals surface area contributed by atoms with E-state index >= 15 is 0 Å². The fourth-order valence-corrected chi connectivity index (χ4v) is 8.06. The van der Waals surface area contributed by atoms with E-state index in [1.54, 1.807) is 14.2 Å². The zero-order chi connectivity index (χ0) is 21.9. The maximum absolute atomic E-state index is 12.0. The van der Waals surface area contributed by atoms with Crippen molar-refractivity contribution in [1.29, 1.82) is 0 Å². The lowest BCUT2D eigenvalue weighted by molar-refractivity contribution is -0.296. The number of hydrogen-bond acceptors (Lipinski definition) is 6. The van der Waals surface area contributed by atoms with Gasteiger partial charge in [0.25, 0.3) is 0 Å². The van der Waals surface area contributed by atoms with Gasteiger partial charge in [0.1, 0.15) is 11.7 Å². The van der Waals surface area contributed by atoms with Crippen molar-refractivity contribution in [2.24, 2.45) is 22.7 Å². The van der Waals surface area contributed by atoms with E-state index in [0.29, 0.717) is 6.42 Å². The van der Waals surface area contributed by atoms with Crippen LogP contribution < -0.4 is 0 Å². The average molecular weight is 425 g/mol. The summed E-state index contributed by atoms with van der Waals surface area (Å²) in [5.41, 5.74) is -0.761. The van der Waals surface area contributed by atoms with Gasteiger partial charge in [-0.2, -0.15) is 0 Å². The van der Waals surface area contributed by atoms with Crippen LogP contribution in [0.15, 0.2) is 0 Å². The quantitative estimate of drug-likeness (QED) is 0.624. The van der Waals surface area contributed by atoms with Crippen molar-refractivity contribution >= 4 is 5.97 Å². The second-order valence-electron chi connectivity index (χ2n) is 11.2. The first kappa shape index (κ1) is 22.5. The van der Waals surface area contributed by atoms with Crippen LogP contribution in [0.2, 0.25) is 0 Å². The van der Waals surface area contributed by atoms with Crippen LogP contribution in [-0.2, 0) is 28.5 Å². The van der Waals surface area contributed by atoms with Gasteiger partial charge >= 0.3 is 5.97 Å². The van der Waals surface area contributed by atoms with Gasteiger partial charge in [-0.15, -0.1) is 0 Å². The maximum Gasteiger partial charge on any atom is 0.302 e. The lowest BCUT2D eigenvalue weighted by Crippen LogP contribution is -2.67. The van der Waals surface area contributed by atoms with Gasteiger partial charge in [-0.05, 0) is 43.4 Å². The minimum absolute atomic E-state index is 0.0617. The lowest BCUT2D eigenvalue weighted by Gasteiger charge is -2.65. The second-order valence-corrected chi connectivity index (χ2v) is 11.2. The van der Waals surface area contributed by atoms with Gasteiger partial charge in [0.2, 0.25) is 0 Å². The highest BCUT2D eigenvalue weighted by atomic mass is 16.8. The van der Waals surface area contributed by atoms with E-state index in [4.69, 9.17) is 23.7 Å². The SMILES string of the molecule is CO[C@H]1C[C@@]2(CC[C@@]3(O2)[C@H](C)C[C@@H](OC(C)=O)[C@H]2C(C)(C)CCC[C@@]23C)[C@@H](OC)O1. The molecule has 2 saturated carbocycles. The van der Waals surface area contributed by atoms with Crippen LogP contribution in [-0.4, -0.2) is 50.1 Å². The standard InChI is InChI=1S/C24H40O6/c1-15-13-17(28-16(2)25)19-21(3,4)9-8-10-22(19,5)24(15)12-11-23(30-24)14-18(26-6)29-20(23)27-7/h15,17-20H,8-14H2,1-7H3/t15-,17-,18-,19+,20+,22+,23+,24-/m1/s1. The highest BCUT2D eigenvalue weighted by Crippen LogP contribution is 2.69. The molecule has 0 unspecified atom stereocenters. The van der Waals surface area contributed by atoms with Crippen LogP contribution in [0.4, 0.5) is 0 Å². The van der Waals surface area contributed by atoms with Crippen molar-refractivity contribution < 1.29 is 28.5 Å². The van der Waals surface area contributed by atoms with E-state index in [-0.39, 0.29) is 46.6 Å². The molecule has 0 aromatic carbocycles. The van der Waals surface area contributed by atoms with E-state index in [0.717, 1.165) is 32.1 Å². The highest BCUT2D eigenvalue weighted by Gasteiger charge is 2.72. The first-order chi connectivity index (χ1) is 14.0. The number of carbonyl (C=O) groups excluding carboxylic acids is 1. The molecule has 0 aromatic heterocycles. The molecule has 2 saturated heterocycles. The molecule has 2 aliphatic heterocycles. The minimum atomic E-state index is -0.479. The molecule has 2 aliphatic carbocycles. The Morgan fingerprint density at radius 1 is 1.03 bits per heavy atom. The van der Waals surface area contributed by atoms with Crippen molar-refractivity contribution in [2.45, 2.75) is 109 Å². The molecule has 4 aliphatic rings. The summed E-state index contributed by atoms with van der Waals surface area (Å²) < 4.78 is 30.5. The Bertz CT molecular complexity index is 679. The Balaban J connectivity index is 1.74. The lowest BCUT2D eigenvalue weighted by atomic mass is 9.43. The molecule has 0 N–H and O–H groups in total. The summed E-state index contributed by atoms with van der Waals surface area (Å²) in [4.78, 5) is 12.0. The zero-order valence-electron chi connectivity index (χ0n) is 19.8. The minimum Gasteiger partial charge on any atom is -0.462 e. The normalized spacial score (nSPS) is 50.0. The fraction of sp³-hybridized carbons (Fsp3) is 0.958. The Labute approximate surface area is 181 Å². The predicted molar refractivity (Wildman–Crippen MR) is 112 cm³/mol. The Morgan fingerprint density at radius 2 is 1.77 bits per heavy atom. The van der Waals surface area contributed by atoms with Gasteiger partial charge in [0.05, 0.1) is 5.60 Å². The molecule has 4 rings (SSSR count). The zero-order valence-corrected chi connectivity index (χ0v) is 19.8. The maximum atomic E-state index is 12.0. The molecular weight excluding hydrogens is 384 g/mol. The van der Waals surface area contributed by atoms with Crippen LogP contribution >= 0.6 is 0 Å². The van der Waals surface area contributed by atoms with Crippen LogP contribution in [0, 0.1) is 22.7 Å². The smallest absolute Gasteiger partial charge is 0.302 e. The highest BCUT2D eigenvalue weighted by molar-refractivity contribution is 5.66. The molecule has 0 aromatic rings. The molecule has 172 valence electrons. The van der Waals surface area contributed by atoms with Crippen molar-refractivity contribution in [3.05, 3.63) is 0 Å². The van der Waals surface area contributed by atoms with Gasteiger partial charge in [-0.1, -0.05) is 34.1 Å². The number of hydrogen-bond donors (Lipinski definition) is 0. The Morgan fingerprint density at radius 3 is 2.40 bits per heavy atom.